The van der Waals surface area contributed by atoms with E-state index in [4.69, 9.17) is 29.4 Å². The van der Waals surface area contributed by atoms with E-state index < -0.39 is 10.8 Å². The Morgan fingerprint density at radius 1 is 0.185 bits per heavy atom. The second kappa shape index (κ2) is 23.3. The quantitative estimate of drug-likeness (QED) is 0.151. The number of benzene rings is 15. The summed E-state index contributed by atoms with van der Waals surface area (Å²) >= 11 is 0. The smallest absolute Gasteiger partial charge is 0.160 e. The summed E-state index contributed by atoms with van der Waals surface area (Å²) in [6, 6.07) is 132. The Morgan fingerprint density at radius 2 is 0.463 bits per heavy atom. The third-order valence-corrected chi connectivity index (χ3v) is 23.9. The van der Waals surface area contributed by atoms with Gasteiger partial charge in [0.1, 0.15) is 23.0 Å². The maximum atomic E-state index is 6.81. The van der Waals surface area contributed by atoms with Gasteiger partial charge in [0, 0.05) is 67.5 Å². The molecular formula is C102H62N4O2. The molecule has 0 amide bonds. The zero-order chi connectivity index (χ0) is 70.8. The van der Waals surface area contributed by atoms with Gasteiger partial charge in [-0.15, -0.1) is 0 Å². The molecule has 15 aromatic carbocycles. The van der Waals surface area contributed by atoms with Crippen LogP contribution in [0.2, 0.25) is 0 Å². The Morgan fingerprint density at radius 3 is 0.843 bits per heavy atom. The topological polar surface area (TPSA) is 70.0 Å². The van der Waals surface area contributed by atoms with Gasteiger partial charge in [-0.2, -0.15) is 0 Å². The highest BCUT2D eigenvalue weighted by Crippen LogP contribution is 2.65. The van der Waals surface area contributed by atoms with Crippen molar-refractivity contribution in [2.75, 3.05) is 0 Å². The summed E-state index contributed by atoms with van der Waals surface area (Å²) in [5.74, 6) is 4.82. The van der Waals surface area contributed by atoms with Gasteiger partial charge in [-0.3, -0.25) is 0 Å². The van der Waals surface area contributed by atoms with Gasteiger partial charge in [-0.05, 0) is 161 Å². The van der Waals surface area contributed by atoms with Crippen molar-refractivity contribution in [2.24, 2.45) is 0 Å². The average molecular weight is 1380 g/mol. The Labute approximate surface area is 625 Å². The van der Waals surface area contributed by atoms with Crippen LogP contribution in [-0.4, -0.2) is 19.9 Å². The van der Waals surface area contributed by atoms with Crippen molar-refractivity contribution in [3.63, 3.8) is 0 Å². The molecular weight excluding hydrogens is 1310 g/mol. The van der Waals surface area contributed by atoms with Crippen LogP contribution in [0.25, 0.3) is 112 Å². The third-order valence-electron chi connectivity index (χ3n) is 23.9. The van der Waals surface area contributed by atoms with Gasteiger partial charge < -0.3 is 9.47 Å². The van der Waals surface area contributed by atoms with Crippen molar-refractivity contribution in [3.8, 4) is 135 Å². The van der Waals surface area contributed by atoms with Crippen molar-refractivity contribution >= 4 is 0 Å². The Kier molecular flexibility index (Phi) is 13.0. The van der Waals surface area contributed by atoms with Crippen LogP contribution in [0.15, 0.2) is 364 Å². The highest BCUT2D eigenvalue weighted by molar-refractivity contribution is 5.92. The number of hydrogen-bond acceptors (Lipinski definition) is 6. The van der Waals surface area contributed by atoms with Crippen molar-refractivity contribution < 1.29 is 9.47 Å². The van der Waals surface area contributed by atoms with Crippen LogP contribution in [-0.2, 0) is 10.8 Å². The summed E-state index contributed by atoms with van der Waals surface area (Å²) in [4.78, 5) is 21.8. The SMILES string of the molecule is c1ccc(-c2cc(-c3ccc(-c4ccc5c(c4)C4(c6ccccc6O5)c5ccccc5-c5ccccc54)cc3)nc(-c3ccc4c(c3)C3c5ccccc5[C@H]4c4cc(-c5nc(-c6ccccc6)cc(-c6ccc(-c7ccc8c(c7)C7(c9ccccc9O8)c8ccccc8-c8ccccc87)cc6)n5)ccc43)n2)cc1. The van der Waals surface area contributed by atoms with E-state index in [2.05, 4.69) is 364 Å². The molecule has 0 fully saturated rings. The molecule has 4 heterocycles. The first-order valence-electron chi connectivity index (χ1n) is 37.2. The molecule has 108 heavy (non-hydrogen) atoms. The molecule has 502 valence electrons. The first-order chi connectivity index (χ1) is 53.5. The van der Waals surface area contributed by atoms with Crippen molar-refractivity contribution in [2.45, 2.75) is 22.7 Å². The molecule has 0 saturated heterocycles. The normalized spacial score (nSPS) is 15.1. The summed E-state index contributed by atoms with van der Waals surface area (Å²) in [6.07, 6.45) is 0. The molecule has 0 radical (unpaired) electrons. The number of hydrogen-bond donors (Lipinski definition) is 0. The Balaban J connectivity index is 0.586. The lowest BCUT2D eigenvalue weighted by Crippen LogP contribution is -2.32. The molecule has 7 aliphatic rings. The van der Waals surface area contributed by atoms with Crippen molar-refractivity contribution in [1.82, 2.24) is 19.9 Å². The lowest BCUT2D eigenvalue weighted by molar-refractivity contribution is 0.436. The van der Waals surface area contributed by atoms with Crippen LogP contribution in [0.4, 0.5) is 0 Å². The number of ether oxygens (including phenoxy) is 2. The lowest BCUT2D eigenvalue weighted by Gasteiger charge is -2.42. The van der Waals surface area contributed by atoms with Crippen LogP contribution in [0.3, 0.4) is 0 Å². The first-order valence-corrected chi connectivity index (χ1v) is 37.2. The summed E-state index contributed by atoms with van der Waals surface area (Å²) in [5, 5.41) is 0. The van der Waals surface area contributed by atoms with Crippen LogP contribution in [0, 0.1) is 0 Å². The highest BCUT2D eigenvalue weighted by atomic mass is 16.5. The summed E-state index contributed by atoms with van der Waals surface area (Å²) in [7, 11) is 0. The van der Waals surface area contributed by atoms with Gasteiger partial charge in [0.15, 0.2) is 11.6 Å². The van der Waals surface area contributed by atoms with Gasteiger partial charge in [-0.1, -0.05) is 303 Å². The molecule has 2 spiro atoms. The van der Waals surface area contributed by atoms with Gasteiger partial charge in [0.25, 0.3) is 0 Å². The maximum absolute atomic E-state index is 6.81. The summed E-state index contributed by atoms with van der Waals surface area (Å²) in [6.45, 7) is 0. The van der Waals surface area contributed by atoms with Crippen molar-refractivity contribution in [3.05, 3.63) is 442 Å². The number of para-hydroxylation sites is 2. The highest BCUT2D eigenvalue weighted by Gasteiger charge is 2.53. The van der Waals surface area contributed by atoms with E-state index in [-0.39, 0.29) is 11.8 Å². The molecule has 2 aliphatic heterocycles. The molecule has 6 heteroatoms. The van der Waals surface area contributed by atoms with Crippen LogP contribution in [0.5, 0.6) is 23.0 Å². The third kappa shape index (κ3) is 8.77. The number of rotatable bonds is 8. The largest absolute Gasteiger partial charge is 0.457 e. The zero-order valence-corrected chi connectivity index (χ0v) is 58.4. The van der Waals surface area contributed by atoms with Gasteiger partial charge in [0.05, 0.1) is 33.6 Å². The van der Waals surface area contributed by atoms with E-state index in [1.807, 2.05) is 0 Å². The van der Waals surface area contributed by atoms with Gasteiger partial charge >= 0.3 is 0 Å². The zero-order valence-electron chi connectivity index (χ0n) is 58.4. The molecule has 17 aromatic rings. The minimum absolute atomic E-state index is 0.0214. The molecule has 1 unspecified atom stereocenters. The summed E-state index contributed by atoms with van der Waals surface area (Å²) in [5.41, 5.74) is 35.2. The van der Waals surface area contributed by atoms with E-state index in [1.54, 1.807) is 0 Å². The molecule has 2 aromatic heterocycles. The predicted octanol–water partition coefficient (Wildman–Crippen LogP) is 24.5. The predicted molar refractivity (Wildman–Crippen MR) is 431 cm³/mol. The Bertz CT molecular complexity index is 6150. The summed E-state index contributed by atoms with van der Waals surface area (Å²) < 4.78 is 13.6. The first kappa shape index (κ1) is 60.5. The molecule has 5 aliphatic carbocycles. The Hall–Kier alpha value is -13.9. The van der Waals surface area contributed by atoms with Crippen LogP contribution in [0.1, 0.15) is 89.7 Å². The standard InChI is InChI=1S/C102H62N4O2/c1-3-21-63(22-4-1)89-59-91(65-43-39-61(40-44-65)67-49-53-95-87(57-67)101(85-35-17-19-37-93(85)107-95)81-31-13-9-25-71(81)72-26-10-14-32-82(72)101)105-99(103-89)69-47-51-77-79(55-69)97-75-29-7-8-30-76(75)98(77)80-56-70(48-52-78(80)97)100-104-90(64-23-5-2-6-24-64)60-92(106-100)66-45-41-62(42-46-66)68-50-54-96-88(58-68)102(86-36-18-20-38-94(86)108-96)83-33-15-11-27-73(83)74-28-12-16-34-84(74)102/h1-60,97-98H/t97-,98?/m1/s1. The second-order valence-corrected chi connectivity index (χ2v) is 29.3. The van der Waals surface area contributed by atoms with E-state index in [0.29, 0.717) is 11.6 Å². The number of fused-ring (bicyclic) bond motifs is 18. The fraction of sp³-hybridized carbons (Fsp3) is 0.0392. The van der Waals surface area contributed by atoms with Gasteiger partial charge in [0.2, 0.25) is 0 Å². The molecule has 24 rings (SSSR count). The van der Waals surface area contributed by atoms with E-state index in [0.717, 1.165) is 124 Å². The van der Waals surface area contributed by atoms with Crippen LogP contribution >= 0.6 is 0 Å². The minimum atomic E-state index is -0.554. The molecule has 0 N–H and O–H groups in total. The van der Waals surface area contributed by atoms with E-state index in [9.17, 15) is 0 Å². The maximum Gasteiger partial charge on any atom is 0.160 e. The van der Waals surface area contributed by atoms with Crippen molar-refractivity contribution in [1.29, 1.82) is 0 Å². The monoisotopic (exact) mass is 1370 g/mol. The number of aromatic nitrogens is 4. The molecule has 6 nitrogen and oxygen atoms in total. The fourth-order valence-electron chi connectivity index (χ4n) is 19.2. The lowest BCUT2D eigenvalue weighted by atomic mass is 9.61. The molecule has 2 atom stereocenters. The van der Waals surface area contributed by atoms with E-state index >= 15 is 0 Å². The van der Waals surface area contributed by atoms with Crippen LogP contribution < -0.4 is 9.47 Å². The number of nitrogens with zero attached hydrogens (tertiary/aromatic N) is 4. The van der Waals surface area contributed by atoms with Gasteiger partial charge in [-0.25, -0.2) is 19.9 Å². The molecule has 2 bridgehead atoms. The minimum Gasteiger partial charge on any atom is -0.457 e. The second-order valence-electron chi connectivity index (χ2n) is 29.3. The fourth-order valence-corrected chi connectivity index (χ4v) is 19.2. The van der Waals surface area contributed by atoms with E-state index in [1.165, 1.54) is 77.9 Å². The average Bonchev–Trinajstić information content (AvgIpc) is 1.52. The molecule has 0 saturated carbocycles.